The Kier molecular flexibility index (Phi) is 31.7. The predicted molar refractivity (Wildman–Crippen MR) is 201 cm³/mol. The molecule has 0 bridgehead atoms. The van der Waals surface area contributed by atoms with Crippen molar-refractivity contribution in [2.24, 2.45) is 0 Å². The van der Waals surface area contributed by atoms with Crippen molar-refractivity contribution in [1.29, 1.82) is 0 Å². The summed E-state index contributed by atoms with van der Waals surface area (Å²) in [5, 5.41) is 0. The van der Waals surface area contributed by atoms with Crippen molar-refractivity contribution in [3.8, 4) is 0 Å². The molecule has 0 aliphatic carbocycles. The topological polar surface area (TPSA) is 40.4 Å². The number of amidine groups is 1. The quantitative estimate of drug-likeness (QED) is 0.0418. The Balaban J connectivity index is 0.0000212. The third-order valence-corrected chi connectivity index (χ3v) is 9.53. The van der Waals surface area contributed by atoms with E-state index in [1.54, 1.807) is 4.90 Å². The van der Waals surface area contributed by atoms with Crippen molar-refractivity contribution in [1.82, 2.24) is 4.90 Å². The summed E-state index contributed by atoms with van der Waals surface area (Å²) in [6.45, 7) is 7.21. The zero-order chi connectivity index (χ0) is 33.5. The average molecular weight is 676 g/mol. The summed E-state index contributed by atoms with van der Waals surface area (Å²) in [7, 11) is 2.00. The molecule has 4 nitrogen and oxygen atoms in total. The number of hydrogen-bond acceptors (Lipinski definition) is 2. The summed E-state index contributed by atoms with van der Waals surface area (Å²) in [6, 6.07) is 0. The van der Waals surface area contributed by atoms with Crippen LogP contribution < -0.4 is 12.4 Å². The highest BCUT2D eigenvalue weighted by Crippen LogP contribution is 2.19. The lowest BCUT2D eigenvalue weighted by molar-refractivity contribution is -0.493. The van der Waals surface area contributed by atoms with Crippen molar-refractivity contribution < 1.29 is 26.6 Å². The number of ketones is 1. The summed E-state index contributed by atoms with van der Waals surface area (Å²) >= 11 is 0. The van der Waals surface area contributed by atoms with Crippen molar-refractivity contribution in [2.45, 2.75) is 201 Å². The molecule has 0 saturated carbocycles. The number of halogens is 1. The Morgan fingerprint density at radius 3 is 1.38 bits per heavy atom. The lowest BCUT2D eigenvalue weighted by Crippen LogP contribution is -3.00. The number of unbranched alkanes of at least 4 members (excludes halogenated alkanes) is 22. The van der Waals surface area contributed by atoms with Gasteiger partial charge in [-0.15, -0.1) is 0 Å². The van der Waals surface area contributed by atoms with Gasteiger partial charge in [0.05, 0.1) is 13.5 Å². The Morgan fingerprint density at radius 1 is 0.596 bits per heavy atom. The Bertz CT molecular complexity index is 904. The first-order valence-electron chi connectivity index (χ1n) is 19.9. The van der Waals surface area contributed by atoms with Crippen LogP contribution in [0.15, 0.2) is 36.1 Å². The minimum atomic E-state index is 0. The van der Waals surface area contributed by atoms with Crippen LogP contribution in [-0.4, -0.2) is 40.6 Å². The van der Waals surface area contributed by atoms with E-state index in [0.29, 0.717) is 25.1 Å². The highest BCUT2D eigenvalue weighted by molar-refractivity contribution is 6.07. The van der Waals surface area contributed by atoms with Crippen molar-refractivity contribution in [2.75, 3.05) is 13.6 Å². The number of carbonyl (C=O) groups excluding carboxylic acids is 2. The fourth-order valence-electron chi connectivity index (χ4n) is 6.29. The van der Waals surface area contributed by atoms with Crippen LogP contribution in [0.5, 0.6) is 0 Å². The lowest BCUT2D eigenvalue weighted by atomic mass is 10.0. The zero-order valence-electron chi connectivity index (χ0n) is 31.5. The maximum Gasteiger partial charge on any atom is 0.314 e. The highest BCUT2D eigenvalue weighted by Gasteiger charge is 2.35. The monoisotopic (exact) mass is 675 g/mol. The molecule has 0 radical (unpaired) electrons. The molecule has 5 heteroatoms. The number of rotatable bonds is 31. The number of Topliss-reactive ketones (excluding diaryl/α,β-unsaturated/α-hetero) is 1. The molecule has 1 heterocycles. The van der Waals surface area contributed by atoms with Crippen LogP contribution in [-0.2, 0) is 9.59 Å². The summed E-state index contributed by atoms with van der Waals surface area (Å²) in [6.07, 6.45) is 45.0. The number of likely N-dealkylation sites (N-methyl/N-ethyl adjacent to an activating group) is 1. The maximum atomic E-state index is 13.3. The van der Waals surface area contributed by atoms with E-state index in [4.69, 9.17) is 0 Å². The van der Waals surface area contributed by atoms with Gasteiger partial charge >= 0.3 is 5.91 Å². The predicted octanol–water partition coefficient (Wildman–Crippen LogP) is 9.42. The van der Waals surface area contributed by atoms with Crippen LogP contribution >= 0.6 is 0 Å². The van der Waals surface area contributed by atoms with Crippen molar-refractivity contribution in [3.05, 3.63) is 36.1 Å². The molecule has 0 saturated heterocycles. The maximum absolute atomic E-state index is 13.3. The van der Waals surface area contributed by atoms with E-state index in [9.17, 15) is 9.59 Å². The molecule has 0 fully saturated rings. The van der Waals surface area contributed by atoms with E-state index in [2.05, 4.69) is 42.7 Å². The standard InChI is InChI=1S/C42H75N2O2.ClH/c1-5-7-9-11-13-15-17-19-21-23-25-27-29-31-33-35-41(45)40-37-38-43(4)39(3)44(40)42(46)36-34-32-30-28-26-24-22-20-18-16-14-12-10-8-6-2;/h19-22,37H,5-18,23-36,38H2,1-4H3;1H/q+1;/p-1/b21-19-,22-20-;. The second kappa shape index (κ2) is 32.8. The largest absolute Gasteiger partial charge is 1.00 e. The number of carbonyl (C=O) groups is 2. The molecule has 0 spiro atoms. The SMILES string of the molecule is CCCCCCCC/C=C\CCCCCCCC(=O)C1=CC[N+](C)=C(C)N1C(=O)CCCCCCC/C=C\CCCCCCCC.[Cl-]. The van der Waals surface area contributed by atoms with Crippen LogP contribution in [0, 0.1) is 0 Å². The Hall–Kier alpha value is -1.68. The number of hydrogen-bond donors (Lipinski definition) is 0. The van der Waals surface area contributed by atoms with E-state index < -0.39 is 0 Å². The summed E-state index contributed by atoms with van der Waals surface area (Å²) in [5.74, 6) is 1.09. The molecule has 0 N–H and O–H groups in total. The zero-order valence-corrected chi connectivity index (χ0v) is 32.2. The first-order chi connectivity index (χ1) is 22.5. The molecular weight excluding hydrogens is 600 g/mol. The lowest BCUT2D eigenvalue weighted by Gasteiger charge is -2.22. The van der Waals surface area contributed by atoms with Gasteiger partial charge in [0, 0.05) is 19.4 Å². The number of amides is 1. The molecule has 1 amide bonds. The van der Waals surface area contributed by atoms with Gasteiger partial charge in [0.2, 0.25) is 5.78 Å². The van der Waals surface area contributed by atoms with E-state index in [0.717, 1.165) is 31.5 Å². The van der Waals surface area contributed by atoms with Gasteiger partial charge in [-0.2, -0.15) is 4.90 Å². The van der Waals surface area contributed by atoms with Gasteiger partial charge in [-0.1, -0.05) is 141 Å². The summed E-state index contributed by atoms with van der Waals surface area (Å²) in [5.41, 5.74) is 0.615. The fraction of sp³-hybridized carbons (Fsp3) is 0.786. The van der Waals surface area contributed by atoms with E-state index >= 15 is 0 Å². The summed E-state index contributed by atoms with van der Waals surface area (Å²) < 4.78 is 2.07. The van der Waals surface area contributed by atoms with Crippen molar-refractivity contribution in [3.63, 3.8) is 0 Å². The van der Waals surface area contributed by atoms with Gasteiger partial charge < -0.3 is 12.4 Å². The van der Waals surface area contributed by atoms with Gasteiger partial charge in [-0.05, 0) is 64.2 Å². The van der Waals surface area contributed by atoms with Gasteiger partial charge in [-0.25, -0.2) is 4.79 Å². The summed E-state index contributed by atoms with van der Waals surface area (Å²) in [4.78, 5) is 28.2. The minimum Gasteiger partial charge on any atom is -1.00 e. The molecular formula is C42H75ClN2O2. The smallest absolute Gasteiger partial charge is 0.314 e. The Morgan fingerprint density at radius 2 is 0.957 bits per heavy atom. The molecule has 0 aromatic heterocycles. The van der Waals surface area contributed by atoms with Gasteiger partial charge in [-0.3, -0.25) is 9.37 Å². The average Bonchev–Trinajstić information content (AvgIpc) is 3.05. The molecule has 0 atom stereocenters. The normalized spacial score (nSPS) is 13.5. The number of allylic oxidation sites excluding steroid dienone is 5. The van der Waals surface area contributed by atoms with Gasteiger partial charge in [0.1, 0.15) is 6.54 Å². The second-order valence-electron chi connectivity index (χ2n) is 13.8. The van der Waals surface area contributed by atoms with Crippen molar-refractivity contribution >= 4 is 17.5 Å². The number of nitrogens with zero attached hydrogens (tertiary/aromatic N) is 2. The van der Waals surface area contributed by atoms with E-state index in [1.165, 1.54) is 141 Å². The first kappa shape index (κ1) is 45.3. The molecule has 47 heavy (non-hydrogen) atoms. The molecule has 0 aromatic rings. The highest BCUT2D eigenvalue weighted by atomic mass is 35.5. The minimum absolute atomic E-state index is 0. The third-order valence-electron chi connectivity index (χ3n) is 9.53. The van der Waals surface area contributed by atoms with Gasteiger partial charge in [0.15, 0.2) is 5.70 Å². The fourth-order valence-corrected chi connectivity index (χ4v) is 6.29. The van der Waals surface area contributed by atoms with Crippen LogP contribution in [0.3, 0.4) is 0 Å². The van der Waals surface area contributed by atoms with E-state index in [-0.39, 0.29) is 24.1 Å². The van der Waals surface area contributed by atoms with Crippen LogP contribution in [0.25, 0.3) is 0 Å². The van der Waals surface area contributed by atoms with Crippen LogP contribution in [0.1, 0.15) is 201 Å². The second-order valence-corrected chi connectivity index (χ2v) is 13.8. The molecule has 0 aromatic carbocycles. The van der Waals surface area contributed by atoms with Crippen LogP contribution in [0.2, 0.25) is 0 Å². The van der Waals surface area contributed by atoms with Crippen LogP contribution in [0.4, 0.5) is 0 Å². The molecule has 1 aliphatic heterocycles. The van der Waals surface area contributed by atoms with Gasteiger partial charge in [0.25, 0.3) is 5.84 Å². The molecule has 1 rings (SSSR count). The Labute approximate surface area is 298 Å². The van der Waals surface area contributed by atoms with E-state index in [1.807, 2.05) is 20.0 Å². The third kappa shape index (κ3) is 24.2. The first-order valence-corrected chi connectivity index (χ1v) is 19.9. The molecule has 0 unspecified atom stereocenters. The molecule has 1 aliphatic rings. The molecule has 272 valence electrons.